The lowest BCUT2D eigenvalue weighted by molar-refractivity contribution is -0.0328. The van der Waals surface area contributed by atoms with Gasteiger partial charge in [-0.05, 0) is 23.9 Å². The van der Waals surface area contributed by atoms with Gasteiger partial charge in [0.25, 0.3) is 5.56 Å². The van der Waals surface area contributed by atoms with Crippen molar-refractivity contribution in [1.29, 1.82) is 5.26 Å². The molecule has 1 aromatic heterocycles. The molecule has 0 atom stereocenters. The van der Waals surface area contributed by atoms with Crippen LogP contribution in [0.15, 0.2) is 23.1 Å². The van der Waals surface area contributed by atoms with E-state index in [9.17, 15) is 18.0 Å². The predicted molar refractivity (Wildman–Crippen MR) is 53.9 cm³/mol. The largest absolute Gasteiger partial charge is 0.441 e. The highest BCUT2D eigenvalue weighted by Crippen LogP contribution is 2.29. The number of rotatable bonds is 3. The third kappa shape index (κ3) is 3.62. The molecule has 3 nitrogen and oxygen atoms in total. The average Bonchev–Trinajstić information content (AvgIpc) is 2.19. The maximum Gasteiger partial charge on any atom is 0.441 e. The first-order valence-electron chi connectivity index (χ1n) is 4.24. The number of pyridine rings is 1. The minimum atomic E-state index is -4.30. The van der Waals surface area contributed by atoms with Crippen LogP contribution in [0, 0.1) is 11.3 Å². The van der Waals surface area contributed by atoms with E-state index in [1.54, 1.807) is 6.07 Å². The molecule has 0 bridgehead atoms. The Balaban J connectivity index is 2.69. The number of nitrogens with zero attached hydrogens (tertiary/aromatic N) is 2. The molecule has 0 aromatic carbocycles. The maximum atomic E-state index is 11.8. The van der Waals surface area contributed by atoms with E-state index < -0.39 is 11.1 Å². The molecule has 0 radical (unpaired) electrons. The van der Waals surface area contributed by atoms with Gasteiger partial charge < -0.3 is 4.57 Å². The molecule has 0 aliphatic heterocycles. The first kappa shape index (κ1) is 12.6. The van der Waals surface area contributed by atoms with E-state index >= 15 is 0 Å². The molecule has 0 saturated carbocycles. The van der Waals surface area contributed by atoms with Crippen LogP contribution < -0.4 is 5.56 Å². The molecule has 0 N–H and O–H groups in total. The lowest BCUT2D eigenvalue weighted by Gasteiger charge is -2.07. The normalized spacial score (nSPS) is 11.1. The number of aryl methyl sites for hydroxylation is 1. The Hall–Kier alpha value is -1.42. The number of aromatic nitrogens is 1. The highest BCUT2D eigenvalue weighted by atomic mass is 32.2. The second-order valence-electron chi connectivity index (χ2n) is 2.83. The quantitative estimate of drug-likeness (QED) is 0.821. The first-order chi connectivity index (χ1) is 7.44. The summed E-state index contributed by atoms with van der Waals surface area (Å²) in [4.78, 5) is 11.4. The van der Waals surface area contributed by atoms with Crippen molar-refractivity contribution in [3.05, 3.63) is 34.2 Å². The fourth-order valence-electron chi connectivity index (χ4n) is 1.06. The molecular formula is C9H7F3N2OS. The zero-order valence-electron chi connectivity index (χ0n) is 7.99. The van der Waals surface area contributed by atoms with E-state index in [1.165, 1.54) is 18.3 Å². The highest BCUT2D eigenvalue weighted by Gasteiger charge is 2.27. The van der Waals surface area contributed by atoms with Gasteiger partial charge in [0.05, 0.1) is 0 Å². The fraction of sp³-hybridized carbons (Fsp3) is 0.333. The molecule has 1 heterocycles. The van der Waals surface area contributed by atoms with E-state index in [2.05, 4.69) is 0 Å². The summed E-state index contributed by atoms with van der Waals surface area (Å²) in [6.45, 7) is -0.0709. The van der Waals surface area contributed by atoms with E-state index in [1.807, 2.05) is 0 Å². The Labute approximate surface area is 93.5 Å². The van der Waals surface area contributed by atoms with Gasteiger partial charge in [-0.25, -0.2) is 0 Å². The molecule has 0 saturated heterocycles. The van der Waals surface area contributed by atoms with Crippen LogP contribution in [0.3, 0.4) is 0 Å². The number of alkyl halides is 3. The van der Waals surface area contributed by atoms with Gasteiger partial charge in [-0.1, -0.05) is 0 Å². The molecule has 0 amide bonds. The molecular weight excluding hydrogens is 241 g/mol. The van der Waals surface area contributed by atoms with Crippen molar-refractivity contribution in [2.24, 2.45) is 0 Å². The third-order valence-corrected chi connectivity index (χ3v) is 2.45. The summed E-state index contributed by atoms with van der Waals surface area (Å²) < 4.78 is 36.6. The molecule has 0 spiro atoms. The van der Waals surface area contributed by atoms with Gasteiger partial charge in [-0.15, -0.1) is 0 Å². The van der Waals surface area contributed by atoms with Crippen molar-refractivity contribution in [2.45, 2.75) is 12.1 Å². The number of hydrogen-bond donors (Lipinski definition) is 0. The Morgan fingerprint density at radius 1 is 1.50 bits per heavy atom. The van der Waals surface area contributed by atoms with Crippen LogP contribution in [0.2, 0.25) is 0 Å². The van der Waals surface area contributed by atoms with Crippen LogP contribution in [0.4, 0.5) is 13.2 Å². The van der Waals surface area contributed by atoms with Crippen LogP contribution in [0.5, 0.6) is 0 Å². The second kappa shape index (κ2) is 5.07. The van der Waals surface area contributed by atoms with Crippen LogP contribution in [-0.4, -0.2) is 15.8 Å². The molecule has 7 heteroatoms. The lowest BCUT2D eigenvalue weighted by atomic mass is 10.3. The lowest BCUT2D eigenvalue weighted by Crippen LogP contribution is -2.23. The maximum absolute atomic E-state index is 11.8. The number of thioether (sulfide) groups is 1. The van der Waals surface area contributed by atoms with Crippen molar-refractivity contribution in [2.75, 3.05) is 5.75 Å². The Morgan fingerprint density at radius 2 is 2.19 bits per heavy atom. The van der Waals surface area contributed by atoms with E-state index in [-0.39, 0.29) is 29.6 Å². The summed E-state index contributed by atoms with van der Waals surface area (Å²) in [7, 11) is 0. The molecule has 0 fully saturated rings. The van der Waals surface area contributed by atoms with Gasteiger partial charge in [0.1, 0.15) is 11.6 Å². The van der Waals surface area contributed by atoms with Gasteiger partial charge in [0.15, 0.2) is 0 Å². The van der Waals surface area contributed by atoms with Crippen LogP contribution in [0.1, 0.15) is 5.56 Å². The summed E-state index contributed by atoms with van der Waals surface area (Å²) in [5.74, 6) is -0.252. The van der Waals surface area contributed by atoms with Crippen molar-refractivity contribution in [3.63, 3.8) is 0 Å². The average molecular weight is 248 g/mol. The predicted octanol–water partition coefficient (Wildman–Crippen LogP) is 1.97. The Kier molecular flexibility index (Phi) is 4.01. The zero-order valence-corrected chi connectivity index (χ0v) is 8.81. The molecule has 1 rings (SSSR count). The van der Waals surface area contributed by atoms with Crippen molar-refractivity contribution >= 4 is 11.8 Å². The van der Waals surface area contributed by atoms with Gasteiger partial charge >= 0.3 is 5.51 Å². The standard InChI is InChI=1S/C9H7F3N2OS/c10-9(11,12)16-5-4-14-3-1-2-7(6-13)8(14)15/h1-3H,4-5H2. The summed E-state index contributed by atoms with van der Waals surface area (Å²) in [5.41, 5.74) is -4.93. The van der Waals surface area contributed by atoms with Crippen LogP contribution in [-0.2, 0) is 6.54 Å². The topological polar surface area (TPSA) is 45.8 Å². The summed E-state index contributed by atoms with van der Waals surface area (Å²) in [6.07, 6.45) is 1.36. The molecule has 0 aliphatic rings. The minimum absolute atomic E-state index is 0.0699. The monoisotopic (exact) mass is 248 g/mol. The minimum Gasteiger partial charge on any atom is -0.314 e. The third-order valence-electron chi connectivity index (χ3n) is 1.74. The number of nitriles is 1. The number of hydrogen-bond acceptors (Lipinski definition) is 3. The van der Waals surface area contributed by atoms with Crippen molar-refractivity contribution < 1.29 is 13.2 Å². The zero-order chi connectivity index (χ0) is 12.2. The van der Waals surface area contributed by atoms with Crippen molar-refractivity contribution in [1.82, 2.24) is 4.57 Å². The molecule has 0 unspecified atom stereocenters. The Bertz CT molecular complexity index is 461. The van der Waals surface area contributed by atoms with Crippen molar-refractivity contribution in [3.8, 4) is 6.07 Å². The number of halogens is 3. The summed E-state index contributed by atoms with van der Waals surface area (Å²) >= 11 is -0.192. The van der Waals surface area contributed by atoms with Gasteiger partial charge in [-0.2, -0.15) is 18.4 Å². The van der Waals surface area contributed by atoms with E-state index in [4.69, 9.17) is 5.26 Å². The van der Waals surface area contributed by atoms with Crippen LogP contribution in [0.25, 0.3) is 0 Å². The van der Waals surface area contributed by atoms with Crippen LogP contribution >= 0.6 is 11.8 Å². The summed E-state index contributed by atoms with van der Waals surface area (Å²) in [5, 5.41) is 8.55. The van der Waals surface area contributed by atoms with Gasteiger partial charge in [-0.3, -0.25) is 4.79 Å². The second-order valence-corrected chi connectivity index (χ2v) is 3.99. The highest BCUT2D eigenvalue weighted by molar-refractivity contribution is 8.00. The first-order valence-corrected chi connectivity index (χ1v) is 5.23. The molecule has 16 heavy (non-hydrogen) atoms. The molecule has 86 valence electrons. The fourth-order valence-corrected chi connectivity index (χ4v) is 1.58. The molecule has 0 aliphatic carbocycles. The van der Waals surface area contributed by atoms with E-state index in [0.29, 0.717) is 0 Å². The summed E-state index contributed by atoms with van der Waals surface area (Å²) in [6, 6.07) is 4.47. The smallest absolute Gasteiger partial charge is 0.314 e. The Morgan fingerprint density at radius 3 is 2.75 bits per heavy atom. The molecule has 1 aromatic rings. The van der Waals surface area contributed by atoms with E-state index in [0.717, 1.165) is 4.57 Å². The SMILES string of the molecule is N#Cc1cccn(CCSC(F)(F)F)c1=O. The van der Waals surface area contributed by atoms with Gasteiger partial charge in [0, 0.05) is 18.5 Å². The van der Waals surface area contributed by atoms with Gasteiger partial charge in [0.2, 0.25) is 0 Å².